The quantitative estimate of drug-likeness (QED) is 0.856. The summed E-state index contributed by atoms with van der Waals surface area (Å²) in [7, 11) is 0. The summed E-state index contributed by atoms with van der Waals surface area (Å²) in [5, 5.41) is 4.51. The van der Waals surface area contributed by atoms with Crippen LogP contribution < -0.4 is 4.90 Å². The second-order valence-electron chi connectivity index (χ2n) is 6.43. The molecule has 0 bridgehead atoms. The highest BCUT2D eigenvalue weighted by Gasteiger charge is 2.17. The molecule has 2 aliphatic heterocycles. The van der Waals surface area contributed by atoms with Crippen LogP contribution in [0.2, 0.25) is 0 Å². The second kappa shape index (κ2) is 6.75. The fourth-order valence-electron chi connectivity index (χ4n) is 3.45. The van der Waals surface area contributed by atoms with Gasteiger partial charge in [0.15, 0.2) is 0 Å². The molecule has 1 unspecified atom stereocenters. The number of benzene rings is 1. The van der Waals surface area contributed by atoms with Crippen molar-refractivity contribution in [2.75, 3.05) is 24.6 Å². The molecule has 1 aromatic carbocycles. The van der Waals surface area contributed by atoms with E-state index in [-0.39, 0.29) is 6.23 Å². The van der Waals surface area contributed by atoms with Crippen LogP contribution in [0, 0.1) is 6.42 Å². The molecule has 2 fully saturated rings. The number of hydrogen-bond acceptors (Lipinski definition) is 3. The average molecular weight is 310 g/mol. The Morgan fingerprint density at radius 1 is 1.00 bits per heavy atom. The van der Waals surface area contributed by atoms with Gasteiger partial charge < -0.3 is 9.64 Å². The van der Waals surface area contributed by atoms with Crippen molar-refractivity contribution >= 4 is 5.69 Å². The van der Waals surface area contributed by atoms with Gasteiger partial charge in [-0.3, -0.25) is 0 Å². The highest BCUT2D eigenvalue weighted by atomic mass is 16.5. The summed E-state index contributed by atoms with van der Waals surface area (Å²) >= 11 is 0. The van der Waals surface area contributed by atoms with Crippen molar-refractivity contribution < 1.29 is 4.74 Å². The normalized spacial score (nSPS) is 22.3. The predicted octanol–water partition coefficient (Wildman–Crippen LogP) is 4.05. The molecule has 4 heteroatoms. The smallest absolute Gasteiger partial charge is 0.150 e. The third-order valence-electron chi connectivity index (χ3n) is 4.82. The van der Waals surface area contributed by atoms with Crippen LogP contribution in [0.5, 0.6) is 0 Å². The first-order valence-electron chi connectivity index (χ1n) is 8.73. The fraction of sp³-hybridized carbons (Fsp3) is 0.474. The third kappa shape index (κ3) is 3.27. The van der Waals surface area contributed by atoms with Crippen LogP contribution >= 0.6 is 0 Å². The Morgan fingerprint density at radius 2 is 1.83 bits per heavy atom. The molecule has 2 saturated heterocycles. The van der Waals surface area contributed by atoms with Crippen LogP contribution in [0.4, 0.5) is 5.69 Å². The molecule has 0 N–H and O–H groups in total. The van der Waals surface area contributed by atoms with Crippen molar-refractivity contribution in [3.63, 3.8) is 0 Å². The van der Waals surface area contributed by atoms with E-state index in [1.165, 1.54) is 36.9 Å². The minimum atomic E-state index is 0.112. The molecule has 0 amide bonds. The van der Waals surface area contributed by atoms with E-state index in [0.717, 1.165) is 31.7 Å². The Hall–Kier alpha value is -1.81. The Labute approximate surface area is 138 Å². The number of rotatable bonds is 3. The summed E-state index contributed by atoms with van der Waals surface area (Å²) in [5.41, 5.74) is 3.71. The van der Waals surface area contributed by atoms with Crippen molar-refractivity contribution in [3.05, 3.63) is 43.1 Å². The Morgan fingerprint density at radius 3 is 2.57 bits per heavy atom. The number of piperidine rings is 1. The van der Waals surface area contributed by atoms with Crippen molar-refractivity contribution in [2.24, 2.45) is 0 Å². The van der Waals surface area contributed by atoms with Crippen molar-refractivity contribution in [3.8, 4) is 11.1 Å². The minimum absolute atomic E-state index is 0.112. The summed E-state index contributed by atoms with van der Waals surface area (Å²) in [6, 6.07) is 8.87. The number of nitrogens with zero attached hydrogens (tertiary/aromatic N) is 3. The maximum absolute atomic E-state index is 5.80. The van der Waals surface area contributed by atoms with Crippen molar-refractivity contribution in [1.29, 1.82) is 0 Å². The topological polar surface area (TPSA) is 30.3 Å². The second-order valence-corrected chi connectivity index (χ2v) is 6.43. The molecule has 0 saturated carbocycles. The zero-order valence-electron chi connectivity index (χ0n) is 13.5. The molecule has 3 heterocycles. The van der Waals surface area contributed by atoms with Crippen LogP contribution in [-0.2, 0) is 4.74 Å². The molecular formula is C19H24N3O. The SMILES string of the molecule is [CH]1CCN(c2ccc(-c3cnn(C4CCCCO4)c3)cc2)CC1. The van der Waals surface area contributed by atoms with Gasteiger partial charge in [-0.15, -0.1) is 0 Å². The van der Waals surface area contributed by atoms with Crippen LogP contribution in [0.3, 0.4) is 0 Å². The number of hydrogen-bond donors (Lipinski definition) is 0. The van der Waals surface area contributed by atoms with Crippen LogP contribution in [0.1, 0.15) is 38.3 Å². The lowest BCUT2D eigenvalue weighted by atomic mass is 10.1. The van der Waals surface area contributed by atoms with E-state index in [2.05, 4.69) is 46.9 Å². The molecule has 121 valence electrons. The fourth-order valence-corrected chi connectivity index (χ4v) is 3.45. The molecule has 2 aliphatic rings. The maximum Gasteiger partial charge on any atom is 0.150 e. The molecular weight excluding hydrogens is 286 g/mol. The lowest BCUT2D eigenvalue weighted by Gasteiger charge is -2.28. The summed E-state index contributed by atoms with van der Waals surface area (Å²) < 4.78 is 7.78. The summed E-state index contributed by atoms with van der Waals surface area (Å²) in [5.74, 6) is 0. The molecule has 0 spiro atoms. The number of ether oxygens (including phenoxy) is 1. The van der Waals surface area contributed by atoms with Crippen LogP contribution in [0.15, 0.2) is 36.7 Å². The van der Waals surface area contributed by atoms with E-state index in [4.69, 9.17) is 4.74 Å². The van der Waals surface area contributed by atoms with E-state index in [1.807, 2.05) is 10.9 Å². The molecule has 23 heavy (non-hydrogen) atoms. The van der Waals surface area contributed by atoms with Gasteiger partial charge in [-0.05, 0) is 56.2 Å². The molecule has 4 rings (SSSR count). The summed E-state index contributed by atoms with van der Waals surface area (Å²) in [6.07, 6.45) is 12.4. The number of anilines is 1. The molecule has 4 nitrogen and oxygen atoms in total. The van der Waals surface area contributed by atoms with Gasteiger partial charge in [0, 0.05) is 37.1 Å². The highest BCUT2D eigenvalue weighted by Crippen LogP contribution is 2.27. The van der Waals surface area contributed by atoms with E-state index in [0.29, 0.717) is 0 Å². The first-order valence-corrected chi connectivity index (χ1v) is 8.73. The van der Waals surface area contributed by atoms with Gasteiger partial charge in [0.1, 0.15) is 6.23 Å². The zero-order valence-corrected chi connectivity index (χ0v) is 13.5. The monoisotopic (exact) mass is 310 g/mol. The molecule has 0 aliphatic carbocycles. The van der Waals surface area contributed by atoms with Gasteiger partial charge in [-0.2, -0.15) is 5.10 Å². The maximum atomic E-state index is 5.80. The van der Waals surface area contributed by atoms with Gasteiger partial charge >= 0.3 is 0 Å². The standard InChI is InChI=1S/C19H24N3O/c1-3-11-21(12-4-1)18-9-7-16(8-10-18)17-14-20-22(15-17)19-6-2-5-13-23-19/h1,7-10,14-15,19H,2-6,11-13H2. The Balaban J connectivity index is 1.48. The van der Waals surface area contributed by atoms with E-state index in [1.54, 1.807) is 0 Å². The van der Waals surface area contributed by atoms with Crippen LogP contribution in [0.25, 0.3) is 11.1 Å². The van der Waals surface area contributed by atoms with Gasteiger partial charge in [0.2, 0.25) is 0 Å². The molecule has 1 atom stereocenters. The minimum Gasteiger partial charge on any atom is -0.372 e. The van der Waals surface area contributed by atoms with E-state index < -0.39 is 0 Å². The zero-order chi connectivity index (χ0) is 15.5. The molecule has 1 radical (unpaired) electrons. The summed E-state index contributed by atoms with van der Waals surface area (Å²) in [4.78, 5) is 2.46. The van der Waals surface area contributed by atoms with E-state index in [9.17, 15) is 0 Å². The largest absolute Gasteiger partial charge is 0.372 e. The van der Waals surface area contributed by atoms with Crippen LogP contribution in [-0.4, -0.2) is 29.5 Å². The summed E-state index contributed by atoms with van der Waals surface area (Å²) in [6.45, 7) is 3.12. The van der Waals surface area contributed by atoms with Gasteiger partial charge in [-0.1, -0.05) is 12.1 Å². The van der Waals surface area contributed by atoms with Gasteiger partial charge in [0.05, 0.1) is 6.20 Å². The van der Waals surface area contributed by atoms with Gasteiger partial charge in [-0.25, -0.2) is 4.68 Å². The Kier molecular flexibility index (Phi) is 4.33. The molecule has 1 aromatic heterocycles. The molecule has 2 aromatic rings. The Bertz CT molecular complexity index is 622. The lowest BCUT2D eigenvalue weighted by Crippen LogP contribution is -2.29. The predicted molar refractivity (Wildman–Crippen MR) is 92.3 cm³/mol. The lowest BCUT2D eigenvalue weighted by molar-refractivity contribution is -0.0394. The number of aromatic nitrogens is 2. The van der Waals surface area contributed by atoms with E-state index >= 15 is 0 Å². The first-order chi connectivity index (χ1) is 11.4. The first kappa shape index (κ1) is 14.8. The van der Waals surface area contributed by atoms with Gasteiger partial charge in [0.25, 0.3) is 0 Å². The average Bonchev–Trinajstić information content (AvgIpc) is 3.14. The van der Waals surface area contributed by atoms with Crippen molar-refractivity contribution in [2.45, 2.75) is 38.3 Å². The van der Waals surface area contributed by atoms with Crippen molar-refractivity contribution in [1.82, 2.24) is 9.78 Å². The third-order valence-corrected chi connectivity index (χ3v) is 4.82. The highest BCUT2D eigenvalue weighted by molar-refractivity contribution is 5.65.